The third kappa shape index (κ3) is 4.51. The molecule has 1 N–H and O–H groups in total. The maximum absolute atomic E-state index is 13.3. The molecule has 0 aliphatic carbocycles. The van der Waals surface area contributed by atoms with Gasteiger partial charge in [0.05, 0.1) is 10.9 Å². The van der Waals surface area contributed by atoms with Crippen molar-refractivity contribution >= 4 is 17.2 Å². The van der Waals surface area contributed by atoms with E-state index >= 15 is 0 Å². The Labute approximate surface area is 153 Å². The summed E-state index contributed by atoms with van der Waals surface area (Å²) in [6.45, 7) is 1.72. The summed E-state index contributed by atoms with van der Waals surface area (Å²) >= 11 is 1.53. The summed E-state index contributed by atoms with van der Waals surface area (Å²) in [6.07, 6.45) is 1.30. The molecule has 0 aliphatic rings. The van der Waals surface area contributed by atoms with Crippen LogP contribution in [0.1, 0.15) is 37.3 Å². The smallest absolute Gasteiger partial charge is 0.226 e. The molecule has 0 bridgehead atoms. The summed E-state index contributed by atoms with van der Waals surface area (Å²) in [5.74, 6) is -0.989. The Hall–Kier alpha value is -2.61. The molecule has 3 aromatic rings. The first kappa shape index (κ1) is 18.2. The van der Waals surface area contributed by atoms with E-state index in [2.05, 4.69) is 15.5 Å². The van der Waals surface area contributed by atoms with Gasteiger partial charge in [-0.05, 0) is 42.5 Å². The number of hydrogen-bond donors (Lipinski definition) is 1. The van der Waals surface area contributed by atoms with Crippen LogP contribution < -0.4 is 5.32 Å². The Morgan fingerprint density at radius 3 is 2.88 bits per heavy atom. The fourth-order valence-electron chi connectivity index (χ4n) is 2.44. The van der Waals surface area contributed by atoms with Crippen LogP contribution in [0.15, 0.2) is 40.2 Å². The van der Waals surface area contributed by atoms with Crippen LogP contribution in [0.4, 0.5) is 8.78 Å². The van der Waals surface area contributed by atoms with E-state index in [-0.39, 0.29) is 12.3 Å². The van der Waals surface area contributed by atoms with Crippen molar-refractivity contribution in [1.29, 1.82) is 0 Å². The van der Waals surface area contributed by atoms with Gasteiger partial charge in [-0.3, -0.25) is 4.79 Å². The first-order chi connectivity index (χ1) is 12.5. The van der Waals surface area contributed by atoms with Crippen molar-refractivity contribution in [3.05, 3.63) is 58.8 Å². The highest BCUT2D eigenvalue weighted by Gasteiger charge is 2.13. The van der Waals surface area contributed by atoms with Crippen LogP contribution in [0.2, 0.25) is 0 Å². The fourth-order valence-corrected chi connectivity index (χ4v) is 3.09. The van der Waals surface area contributed by atoms with Crippen LogP contribution in [0.5, 0.6) is 0 Å². The van der Waals surface area contributed by atoms with E-state index < -0.39 is 17.7 Å². The number of halogens is 2. The van der Waals surface area contributed by atoms with E-state index in [1.54, 1.807) is 6.92 Å². The molecular formula is C18H17F2N3O2S. The maximum Gasteiger partial charge on any atom is 0.226 e. The molecule has 3 rings (SSSR count). The highest BCUT2D eigenvalue weighted by Crippen LogP contribution is 2.21. The zero-order valence-corrected chi connectivity index (χ0v) is 14.9. The van der Waals surface area contributed by atoms with Gasteiger partial charge in [-0.25, -0.2) is 8.78 Å². The molecule has 0 spiro atoms. The van der Waals surface area contributed by atoms with Crippen LogP contribution >= 0.6 is 11.3 Å². The van der Waals surface area contributed by atoms with Gasteiger partial charge in [0, 0.05) is 12.8 Å². The molecule has 136 valence electrons. The molecule has 1 atom stereocenters. The van der Waals surface area contributed by atoms with Gasteiger partial charge in [-0.2, -0.15) is 4.98 Å². The Bertz CT molecular complexity index is 880. The van der Waals surface area contributed by atoms with Crippen molar-refractivity contribution in [2.75, 3.05) is 0 Å². The molecule has 1 aromatic carbocycles. The minimum Gasteiger partial charge on any atom is -0.350 e. The molecule has 0 radical (unpaired) electrons. The number of rotatable bonds is 7. The molecule has 0 saturated carbocycles. The zero-order chi connectivity index (χ0) is 18.5. The van der Waals surface area contributed by atoms with Crippen molar-refractivity contribution < 1.29 is 18.1 Å². The highest BCUT2D eigenvalue weighted by atomic mass is 32.1. The molecule has 0 fully saturated rings. The standard InChI is InChI=1S/C18H17F2N3O2S/c1-11(12-7-8-13(19)14(20)10-12)21-16(24)5-2-6-17-22-18(23-25-17)15-4-3-9-26-15/h3-4,7-11H,2,5-6H2,1H3,(H,21,24)/t11-/m1/s1. The van der Waals surface area contributed by atoms with Crippen LogP contribution in [0.3, 0.4) is 0 Å². The summed E-state index contributed by atoms with van der Waals surface area (Å²) in [7, 11) is 0. The predicted molar refractivity (Wildman–Crippen MR) is 93.5 cm³/mol. The van der Waals surface area contributed by atoms with Gasteiger partial charge in [0.15, 0.2) is 11.6 Å². The third-order valence-electron chi connectivity index (χ3n) is 3.83. The SMILES string of the molecule is C[C@@H](NC(=O)CCCc1nc(-c2cccs2)no1)c1ccc(F)c(F)c1. The molecule has 5 nitrogen and oxygen atoms in total. The van der Waals surface area contributed by atoms with Crippen molar-refractivity contribution in [2.24, 2.45) is 0 Å². The second kappa shape index (κ2) is 8.18. The number of carbonyl (C=O) groups is 1. The summed E-state index contributed by atoms with van der Waals surface area (Å²) in [6, 6.07) is 7.00. The average molecular weight is 377 g/mol. The van der Waals surface area contributed by atoms with Crippen LogP contribution in [0.25, 0.3) is 10.7 Å². The average Bonchev–Trinajstić information content (AvgIpc) is 3.28. The van der Waals surface area contributed by atoms with E-state index in [9.17, 15) is 13.6 Å². The summed E-state index contributed by atoms with van der Waals surface area (Å²) in [5.41, 5.74) is 0.509. The molecule has 0 saturated heterocycles. The Morgan fingerprint density at radius 1 is 1.31 bits per heavy atom. The van der Waals surface area contributed by atoms with Gasteiger partial charge in [0.2, 0.25) is 17.6 Å². The van der Waals surface area contributed by atoms with Crippen LogP contribution in [-0.2, 0) is 11.2 Å². The van der Waals surface area contributed by atoms with Crippen LogP contribution in [-0.4, -0.2) is 16.0 Å². The van der Waals surface area contributed by atoms with E-state index in [0.29, 0.717) is 30.1 Å². The number of aryl methyl sites for hydroxylation is 1. The number of thiophene rings is 1. The lowest BCUT2D eigenvalue weighted by Gasteiger charge is -2.14. The number of aromatic nitrogens is 2. The number of nitrogens with zero attached hydrogens (tertiary/aromatic N) is 2. The first-order valence-corrected chi connectivity index (χ1v) is 9.01. The maximum atomic E-state index is 13.3. The summed E-state index contributed by atoms with van der Waals surface area (Å²) in [4.78, 5) is 17.2. The molecule has 2 aromatic heterocycles. The quantitative estimate of drug-likeness (QED) is 0.667. The van der Waals surface area contributed by atoms with Crippen molar-refractivity contribution in [3.8, 4) is 10.7 Å². The lowest BCUT2D eigenvalue weighted by atomic mass is 10.1. The van der Waals surface area contributed by atoms with Gasteiger partial charge < -0.3 is 9.84 Å². The Balaban J connectivity index is 1.46. The highest BCUT2D eigenvalue weighted by molar-refractivity contribution is 7.13. The van der Waals surface area contributed by atoms with E-state index in [1.807, 2.05) is 17.5 Å². The number of amides is 1. The third-order valence-corrected chi connectivity index (χ3v) is 4.69. The van der Waals surface area contributed by atoms with Gasteiger partial charge in [-0.15, -0.1) is 11.3 Å². The number of hydrogen-bond acceptors (Lipinski definition) is 5. The molecule has 26 heavy (non-hydrogen) atoms. The largest absolute Gasteiger partial charge is 0.350 e. The van der Waals surface area contributed by atoms with E-state index in [4.69, 9.17) is 4.52 Å². The lowest BCUT2D eigenvalue weighted by Crippen LogP contribution is -2.26. The molecule has 0 unspecified atom stereocenters. The van der Waals surface area contributed by atoms with Crippen LogP contribution in [0, 0.1) is 11.6 Å². The van der Waals surface area contributed by atoms with Crippen molar-refractivity contribution in [3.63, 3.8) is 0 Å². The normalized spacial score (nSPS) is 12.1. The van der Waals surface area contributed by atoms with E-state index in [1.165, 1.54) is 17.4 Å². The topological polar surface area (TPSA) is 68.0 Å². The van der Waals surface area contributed by atoms with Gasteiger partial charge in [0.1, 0.15) is 0 Å². The predicted octanol–water partition coefficient (Wildman–Crippen LogP) is 4.28. The van der Waals surface area contributed by atoms with E-state index in [0.717, 1.165) is 17.0 Å². The molecule has 2 heterocycles. The molecular weight excluding hydrogens is 360 g/mol. The number of nitrogens with one attached hydrogen (secondary N) is 1. The second-order valence-corrected chi connectivity index (χ2v) is 6.75. The van der Waals surface area contributed by atoms with Gasteiger partial charge in [-0.1, -0.05) is 17.3 Å². The Morgan fingerprint density at radius 2 is 2.15 bits per heavy atom. The zero-order valence-electron chi connectivity index (χ0n) is 14.0. The van der Waals surface area contributed by atoms with Gasteiger partial charge >= 0.3 is 0 Å². The number of carbonyl (C=O) groups excluding carboxylic acids is 1. The molecule has 0 aliphatic heterocycles. The summed E-state index contributed by atoms with van der Waals surface area (Å²) in [5, 5.41) is 8.62. The fraction of sp³-hybridized carbons (Fsp3) is 0.278. The van der Waals surface area contributed by atoms with Crippen molar-refractivity contribution in [1.82, 2.24) is 15.5 Å². The lowest BCUT2D eigenvalue weighted by molar-refractivity contribution is -0.121. The minimum absolute atomic E-state index is 0.180. The van der Waals surface area contributed by atoms with Crippen molar-refractivity contribution in [2.45, 2.75) is 32.2 Å². The minimum atomic E-state index is -0.929. The molecule has 8 heteroatoms. The second-order valence-electron chi connectivity index (χ2n) is 5.81. The number of benzene rings is 1. The summed E-state index contributed by atoms with van der Waals surface area (Å²) < 4.78 is 31.4. The first-order valence-electron chi connectivity index (χ1n) is 8.13. The molecule has 1 amide bonds. The van der Waals surface area contributed by atoms with Gasteiger partial charge in [0.25, 0.3) is 0 Å². The monoisotopic (exact) mass is 377 g/mol. The Kier molecular flexibility index (Phi) is 5.72.